The number of hydrogen-bond acceptors (Lipinski definition) is 7. The molecule has 136 valence electrons. The van der Waals surface area contributed by atoms with Crippen molar-refractivity contribution in [3.63, 3.8) is 0 Å². The topological polar surface area (TPSA) is 128 Å². The van der Waals surface area contributed by atoms with Gasteiger partial charge in [0.1, 0.15) is 16.6 Å². The van der Waals surface area contributed by atoms with Crippen molar-refractivity contribution in [1.29, 1.82) is 0 Å². The molecule has 1 aliphatic heterocycles. The van der Waals surface area contributed by atoms with Gasteiger partial charge in [-0.25, -0.2) is 22.1 Å². The van der Waals surface area contributed by atoms with Gasteiger partial charge >= 0.3 is 0 Å². The minimum atomic E-state index is -3.93. The van der Waals surface area contributed by atoms with Crippen LogP contribution < -0.4 is 5.73 Å². The Morgan fingerprint density at radius 1 is 1.52 bits per heavy atom. The summed E-state index contributed by atoms with van der Waals surface area (Å²) in [4.78, 5) is 14.7. The van der Waals surface area contributed by atoms with Crippen LogP contribution in [-0.2, 0) is 20.3 Å². The van der Waals surface area contributed by atoms with Crippen molar-refractivity contribution in [2.45, 2.75) is 29.7 Å². The van der Waals surface area contributed by atoms with Crippen LogP contribution in [-0.4, -0.2) is 49.1 Å². The SMILES string of the molecule is COC1CC2C(c3cc([N+](=O)[O-])ccc3F)(C1)N=C(N)N(C)S2(=O)=O. The molecule has 0 aromatic heterocycles. The number of non-ortho nitro benzene ring substituents is 1. The first kappa shape index (κ1) is 17.5. The van der Waals surface area contributed by atoms with Crippen LogP contribution in [0.15, 0.2) is 23.2 Å². The predicted octanol–water partition coefficient (Wildman–Crippen LogP) is 0.697. The molecule has 1 aromatic rings. The number of nitro benzene ring substituents is 1. The third-order valence-corrected chi connectivity index (χ3v) is 7.14. The van der Waals surface area contributed by atoms with E-state index in [9.17, 15) is 22.9 Å². The Hall–Kier alpha value is -2.27. The van der Waals surface area contributed by atoms with Gasteiger partial charge in [-0.15, -0.1) is 0 Å². The average Bonchev–Trinajstić information content (AvgIpc) is 2.94. The molecule has 1 saturated carbocycles. The Bertz CT molecular complexity index is 874. The number of rotatable bonds is 3. The van der Waals surface area contributed by atoms with Gasteiger partial charge in [0.15, 0.2) is 0 Å². The van der Waals surface area contributed by atoms with Gasteiger partial charge in [-0.05, 0) is 12.5 Å². The van der Waals surface area contributed by atoms with Crippen molar-refractivity contribution in [3.05, 3.63) is 39.7 Å². The third-order valence-electron chi connectivity index (χ3n) is 4.89. The van der Waals surface area contributed by atoms with Gasteiger partial charge in [0.2, 0.25) is 16.0 Å². The average molecular weight is 372 g/mol. The van der Waals surface area contributed by atoms with Gasteiger partial charge < -0.3 is 10.5 Å². The molecule has 0 amide bonds. The summed E-state index contributed by atoms with van der Waals surface area (Å²) in [5.74, 6) is -1.07. The Kier molecular flexibility index (Phi) is 3.95. The number of guanidine groups is 1. The van der Waals surface area contributed by atoms with Gasteiger partial charge in [-0.3, -0.25) is 10.1 Å². The number of sulfonamides is 1. The van der Waals surface area contributed by atoms with Gasteiger partial charge in [-0.1, -0.05) is 0 Å². The summed E-state index contributed by atoms with van der Waals surface area (Å²) < 4.78 is 46.4. The van der Waals surface area contributed by atoms with E-state index in [1.807, 2.05) is 0 Å². The Morgan fingerprint density at radius 3 is 2.80 bits per heavy atom. The Balaban J connectivity index is 2.30. The molecule has 0 radical (unpaired) electrons. The van der Waals surface area contributed by atoms with E-state index < -0.39 is 37.7 Å². The lowest BCUT2D eigenvalue weighted by atomic mass is 9.87. The molecule has 1 heterocycles. The quantitative estimate of drug-likeness (QED) is 0.614. The third kappa shape index (κ3) is 2.45. The fourth-order valence-corrected chi connectivity index (χ4v) is 5.47. The van der Waals surface area contributed by atoms with Crippen LogP contribution in [0.4, 0.5) is 10.1 Å². The maximum atomic E-state index is 14.6. The minimum Gasteiger partial charge on any atom is -0.381 e. The molecular weight excluding hydrogens is 355 g/mol. The molecule has 3 unspecified atom stereocenters. The molecule has 2 N–H and O–H groups in total. The Labute approximate surface area is 143 Å². The molecule has 11 heteroatoms. The summed E-state index contributed by atoms with van der Waals surface area (Å²) in [5, 5.41) is 9.95. The maximum absolute atomic E-state index is 14.6. The summed E-state index contributed by atoms with van der Waals surface area (Å²) in [7, 11) is -1.24. The number of nitro groups is 1. The van der Waals surface area contributed by atoms with Crippen molar-refractivity contribution in [2.24, 2.45) is 10.7 Å². The normalized spacial score (nSPS) is 30.7. The standard InChI is InChI=1S/C14H17FN4O5S/c1-18-13(16)17-14(7-9(24-2)6-12(14)25(18,22)23)10-5-8(19(20)21)3-4-11(10)15/h3-5,9,12H,6-7H2,1-2H3,(H2,16,17). The van der Waals surface area contributed by atoms with Gasteiger partial charge in [0.05, 0.1) is 11.0 Å². The van der Waals surface area contributed by atoms with Crippen LogP contribution >= 0.6 is 0 Å². The molecule has 1 fully saturated rings. The number of nitrogens with two attached hydrogens (primary N) is 1. The van der Waals surface area contributed by atoms with Crippen LogP contribution in [0.5, 0.6) is 0 Å². The fourth-order valence-electron chi connectivity index (χ4n) is 3.56. The summed E-state index contributed by atoms with van der Waals surface area (Å²) in [6, 6.07) is 2.98. The molecular formula is C14H17FN4O5S. The van der Waals surface area contributed by atoms with E-state index in [0.717, 1.165) is 22.5 Å². The van der Waals surface area contributed by atoms with Gasteiger partial charge in [0, 0.05) is 38.3 Å². The molecule has 2 aliphatic rings. The highest BCUT2D eigenvalue weighted by Gasteiger charge is 2.60. The van der Waals surface area contributed by atoms with E-state index >= 15 is 0 Å². The number of fused-ring (bicyclic) bond motifs is 1. The lowest BCUT2D eigenvalue weighted by Crippen LogP contribution is -2.55. The highest BCUT2D eigenvalue weighted by atomic mass is 32.2. The number of ether oxygens (including phenoxy) is 1. The molecule has 3 atom stereocenters. The molecule has 0 bridgehead atoms. The first-order valence-electron chi connectivity index (χ1n) is 7.44. The summed E-state index contributed by atoms with van der Waals surface area (Å²) in [6.45, 7) is 0. The molecule has 9 nitrogen and oxygen atoms in total. The van der Waals surface area contributed by atoms with E-state index in [0.29, 0.717) is 0 Å². The highest BCUT2D eigenvalue weighted by molar-refractivity contribution is 7.90. The monoisotopic (exact) mass is 372 g/mol. The summed E-state index contributed by atoms with van der Waals surface area (Å²) in [5.41, 5.74) is 3.69. The van der Waals surface area contributed by atoms with Crippen molar-refractivity contribution in [3.8, 4) is 0 Å². The van der Waals surface area contributed by atoms with Crippen LogP contribution in [0.2, 0.25) is 0 Å². The van der Waals surface area contributed by atoms with E-state index in [1.54, 1.807) is 0 Å². The smallest absolute Gasteiger partial charge is 0.270 e. The van der Waals surface area contributed by atoms with Gasteiger partial charge in [-0.2, -0.15) is 0 Å². The molecule has 0 saturated heterocycles. The molecule has 0 spiro atoms. The second-order valence-corrected chi connectivity index (χ2v) is 8.26. The lowest BCUT2D eigenvalue weighted by molar-refractivity contribution is -0.385. The maximum Gasteiger partial charge on any atom is 0.270 e. The molecule has 1 aromatic carbocycles. The van der Waals surface area contributed by atoms with Crippen molar-refractivity contribution in [2.75, 3.05) is 14.2 Å². The summed E-state index contributed by atoms with van der Waals surface area (Å²) >= 11 is 0. The number of methoxy groups -OCH3 is 1. The summed E-state index contributed by atoms with van der Waals surface area (Å²) in [6.07, 6.45) is -0.358. The zero-order chi connectivity index (χ0) is 18.6. The van der Waals surface area contributed by atoms with Crippen LogP contribution in [0.1, 0.15) is 18.4 Å². The number of halogens is 1. The second-order valence-electron chi connectivity index (χ2n) is 6.11. The van der Waals surface area contributed by atoms with E-state index in [4.69, 9.17) is 10.5 Å². The Morgan fingerprint density at radius 2 is 2.20 bits per heavy atom. The first-order valence-corrected chi connectivity index (χ1v) is 8.94. The van der Waals surface area contributed by atoms with Crippen LogP contribution in [0.25, 0.3) is 0 Å². The lowest BCUT2D eigenvalue weighted by Gasteiger charge is -2.39. The number of hydrogen-bond donors (Lipinski definition) is 1. The molecule has 25 heavy (non-hydrogen) atoms. The van der Waals surface area contributed by atoms with E-state index in [2.05, 4.69) is 4.99 Å². The van der Waals surface area contributed by atoms with Crippen LogP contribution in [0.3, 0.4) is 0 Å². The number of aliphatic imine (C=N–C) groups is 1. The van der Waals surface area contributed by atoms with E-state index in [1.165, 1.54) is 14.2 Å². The zero-order valence-electron chi connectivity index (χ0n) is 13.5. The molecule has 1 aliphatic carbocycles. The number of benzene rings is 1. The number of nitrogens with zero attached hydrogens (tertiary/aromatic N) is 3. The van der Waals surface area contributed by atoms with Crippen molar-refractivity contribution in [1.82, 2.24) is 4.31 Å². The predicted molar refractivity (Wildman–Crippen MR) is 86.9 cm³/mol. The molecule has 3 rings (SSSR count). The van der Waals surface area contributed by atoms with E-state index in [-0.39, 0.29) is 30.1 Å². The van der Waals surface area contributed by atoms with Crippen LogP contribution in [0, 0.1) is 15.9 Å². The highest BCUT2D eigenvalue weighted by Crippen LogP contribution is 2.50. The largest absolute Gasteiger partial charge is 0.381 e. The first-order chi connectivity index (χ1) is 11.6. The fraction of sp³-hybridized carbons (Fsp3) is 0.500. The second kappa shape index (κ2) is 5.63. The van der Waals surface area contributed by atoms with Crippen molar-refractivity contribution < 1.29 is 22.5 Å². The van der Waals surface area contributed by atoms with Gasteiger partial charge in [0.25, 0.3) is 5.69 Å². The van der Waals surface area contributed by atoms with Crippen molar-refractivity contribution >= 4 is 21.7 Å². The minimum absolute atomic E-state index is 0.0556. The zero-order valence-corrected chi connectivity index (χ0v) is 14.4.